The molecule has 0 saturated heterocycles. The van der Waals surface area contributed by atoms with Crippen LogP contribution in [0.25, 0.3) is 22.0 Å². The highest BCUT2D eigenvalue weighted by atomic mass is 16.5. The van der Waals surface area contributed by atoms with Crippen LogP contribution in [0.15, 0.2) is 67.0 Å². The van der Waals surface area contributed by atoms with Gasteiger partial charge in [-0.2, -0.15) is 0 Å². The first-order chi connectivity index (χ1) is 15.2. The van der Waals surface area contributed by atoms with Gasteiger partial charge in [0, 0.05) is 42.9 Å². The minimum Gasteiger partial charge on any atom is -0.496 e. The van der Waals surface area contributed by atoms with Gasteiger partial charge in [0.15, 0.2) is 0 Å². The summed E-state index contributed by atoms with van der Waals surface area (Å²) >= 11 is 0. The SMILES string of the molecule is COc1c(CNCCO)cnc2c(Cc3cccc(-c4ccccc4)c3C)nccc12. The van der Waals surface area contributed by atoms with Gasteiger partial charge in [0.05, 0.1) is 24.9 Å². The van der Waals surface area contributed by atoms with Crippen molar-refractivity contribution in [1.29, 1.82) is 0 Å². The van der Waals surface area contributed by atoms with Gasteiger partial charge in [0.25, 0.3) is 0 Å². The molecule has 2 N–H and O–H groups in total. The van der Waals surface area contributed by atoms with E-state index in [0.29, 0.717) is 19.5 Å². The van der Waals surface area contributed by atoms with Gasteiger partial charge in [0.2, 0.25) is 0 Å². The average molecular weight is 414 g/mol. The fourth-order valence-electron chi connectivity index (χ4n) is 3.98. The second-order valence-electron chi connectivity index (χ2n) is 7.50. The van der Waals surface area contributed by atoms with E-state index in [9.17, 15) is 0 Å². The molecule has 0 saturated carbocycles. The molecular formula is C26H27N3O2. The summed E-state index contributed by atoms with van der Waals surface area (Å²) < 4.78 is 5.72. The van der Waals surface area contributed by atoms with Crippen LogP contribution in [0.2, 0.25) is 0 Å². The Kier molecular flexibility index (Phi) is 6.55. The molecule has 0 spiro atoms. The van der Waals surface area contributed by atoms with E-state index < -0.39 is 0 Å². The summed E-state index contributed by atoms with van der Waals surface area (Å²) in [7, 11) is 1.68. The lowest BCUT2D eigenvalue weighted by atomic mass is 9.94. The molecule has 4 rings (SSSR count). The van der Waals surface area contributed by atoms with Crippen molar-refractivity contribution in [2.24, 2.45) is 0 Å². The van der Waals surface area contributed by atoms with E-state index in [-0.39, 0.29) is 6.61 Å². The Morgan fingerprint density at radius 2 is 1.81 bits per heavy atom. The molecule has 2 aromatic carbocycles. The van der Waals surface area contributed by atoms with Crippen LogP contribution < -0.4 is 10.1 Å². The van der Waals surface area contributed by atoms with Crippen molar-refractivity contribution < 1.29 is 9.84 Å². The number of methoxy groups -OCH3 is 1. The molecule has 4 aromatic rings. The Bertz CT molecular complexity index is 1180. The maximum Gasteiger partial charge on any atom is 0.134 e. The molecular weight excluding hydrogens is 386 g/mol. The number of nitrogens with one attached hydrogen (secondary N) is 1. The molecule has 5 nitrogen and oxygen atoms in total. The largest absolute Gasteiger partial charge is 0.496 e. The molecule has 0 aliphatic heterocycles. The molecule has 0 fully saturated rings. The topological polar surface area (TPSA) is 67.3 Å². The molecule has 0 unspecified atom stereocenters. The Morgan fingerprint density at radius 1 is 0.968 bits per heavy atom. The highest BCUT2D eigenvalue weighted by Crippen LogP contribution is 2.31. The molecule has 0 amide bonds. The number of hydrogen-bond acceptors (Lipinski definition) is 5. The van der Waals surface area contributed by atoms with Crippen LogP contribution in [0, 0.1) is 6.92 Å². The van der Waals surface area contributed by atoms with E-state index in [4.69, 9.17) is 14.8 Å². The lowest BCUT2D eigenvalue weighted by Crippen LogP contribution is -2.18. The highest BCUT2D eigenvalue weighted by molar-refractivity contribution is 5.88. The second-order valence-corrected chi connectivity index (χ2v) is 7.50. The molecule has 0 aliphatic rings. The number of ether oxygens (including phenoxy) is 1. The maximum absolute atomic E-state index is 9.02. The Balaban J connectivity index is 1.71. The lowest BCUT2D eigenvalue weighted by molar-refractivity contribution is 0.291. The summed E-state index contributed by atoms with van der Waals surface area (Å²) in [4.78, 5) is 9.39. The molecule has 0 radical (unpaired) electrons. The number of pyridine rings is 2. The zero-order valence-corrected chi connectivity index (χ0v) is 17.9. The predicted molar refractivity (Wildman–Crippen MR) is 124 cm³/mol. The smallest absolute Gasteiger partial charge is 0.134 e. The van der Waals surface area contributed by atoms with Gasteiger partial charge in [-0.15, -0.1) is 0 Å². The Hall–Kier alpha value is -3.28. The lowest BCUT2D eigenvalue weighted by Gasteiger charge is -2.15. The van der Waals surface area contributed by atoms with Crippen molar-refractivity contribution in [1.82, 2.24) is 15.3 Å². The van der Waals surface area contributed by atoms with Gasteiger partial charge in [-0.25, -0.2) is 0 Å². The van der Waals surface area contributed by atoms with Crippen molar-refractivity contribution in [2.45, 2.75) is 19.9 Å². The summed E-state index contributed by atoms with van der Waals surface area (Å²) in [6.45, 7) is 3.38. The number of hydrogen-bond donors (Lipinski definition) is 2. The van der Waals surface area contributed by atoms with Crippen molar-refractivity contribution in [3.8, 4) is 16.9 Å². The van der Waals surface area contributed by atoms with Crippen LogP contribution in [-0.2, 0) is 13.0 Å². The Labute approximate surface area is 182 Å². The number of aliphatic hydroxyl groups is 1. The summed E-state index contributed by atoms with van der Waals surface area (Å²) in [6, 6.07) is 18.8. The third-order valence-corrected chi connectivity index (χ3v) is 5.58. The second kappa shape index (κ2) is 9.69. The van der Waals surface area contributed by atoms with Crippen LogP contribution in [-0.4, -0.2) is 35.3 Å². The fourth-order valence-corrected chi connectivity index (χ4v) is 3.98. The molecule has 158 valence electrons. The number of rotatable bonds is 8. The summed E-state index contributed by atoms with van der Waals surface area (Å²) in [6.07, 6.45) is 4.36. The maximum atomic E-state index is 9.02. The molecule has 2 heterocycles. The monoisotopic (exact) mass is 413 g/mol. The number of nitrogens with zero attached hydrogens (tertiary/aromatic N) is 2. The van der Waals surface area contributed by atoms with Crippen molar-refractivity contribution in [2.75, 3.05) is 20.3 Å². The van der Waals surface area contributed by atoms with Crippen LogP contribution in [0.5, 0.6) is 5.75 Å². The van der Waals surface area contributed by atoms with Crippen LogP contribution in [0.1, 0.15) is 22.4 Å². The van der Waals surface area contributed by atoms with E-state index in [0.717, 1.165) is 27.9 Å². The van der Waals surface area contributed by atoms with E-state index in [2.05, 4.69) is 59.7 Å². The van der Waals surface area contributed by atoms with Gasteiger partial charge in [0.1, 0.15) is 5.75 Å². The van der Waals surface area contributed by atoms with Gasteiger partial charge >= 0.3 is 0 Å². The van der Waals surface area contributed by atoms with E-state index >= 15 is 0 Å². The standard InChI is InChI=1S/C26H27N3O2/c1-18-20(9-6-10-22(18)19-7-4-3-5-8-19)15-24-25-23(11-12-28-24)26(31-2)21(17-29-25)16-27-13-14-30/h3-12,17,27,30H,13-16H2,1-2H3. The van der Waals surface area contributed by atoms with E-state index in [1.165, 1.54) is 22.3 Å². The summed E-state index contributed by atoms with van der Waals surface area (Å²) in [5.41, 5.74) is 7.69. The quantitative estimate of drug-likeness (QED) is 0.422. The minimum absolute atomic E-state index is 0.0960. The predicted octanol–water partition coefficient (Wildman–Crippen LogP) is 4.29. The van der Waals surface area contributed by atoms with Crippen molar-refractivity contribution in [3.05, 3.63) is 89.4 Å². The first-order valence-corrected chi connectivity index (χ1v) is 10.5. The summed E-state index contributed by atoms with van der Waals surface area (Å²) in [5, 5.41) is 13.2. The number of fused-ring (bicyclic) bond motifs is 1. The normalized spacial score (nSPS) is 11.1. The molecule has 2 aromatic heterocycles. The number of aromatic nitrogens is 2. The van der Waals surface area contributed by atoms with E-state index in [1.807, 2.05) is 24.5 Å². The zero-order chi connectivity index (χ0) is 21.6. The van der Waals surface area contributed by atoms with Crippen LogP contribution >= 0.6 is 0 Å². The highest BCUT2D eigenvalue weighted by Gasteiger charge is 2.15. The van der Waals surface area contributed by atoms with E-state index in [1.54, 1.807) is 7.11 Å². The van der Waals surface area contributed by atoms with Gasteiger partial charge in [-0.05, 0) is 35.2 Å². The van der Waals surface area contributed by atoms with Crippen molar-refractivity contribution >= 4 is 10.9 Å². The third-order valence-electron chi connectivity index (χ3n) is 5.58. The fraction of sp³-hybridized carbons (Fsp3) is 0.231. The number of benzene rings is 2. The summed E-state index contributed by atoms with van der Waals surface area (Å²) in [5.74, 6) is 0.800. The molecule has 0 atom stereocenters. The minimum atomic E-state index is 0.0960. The average Bonchev–Trinajstić information content (AvgIpc) is 2.81. The van der Waals surface area contributed by atoms with Crippen LogP contribution in [0.4, 0.5) is 0 Å². The first kappa shape index (κ1) is 21.0. The van der Waals surface area contributed by atoms with Gasteiger partial charge in [-0.3, -0.25) is 9.97 Å². The number of aliphatic hydroxyl groups excluding tert-OH is 1. The van der Waals surface area contributed by atoms with Crippen molar-refractivity contribution in [3.63, 3.8) is 0 Å². The molecule has 0 bridgehead atoms. The molecule has 0 aliphatic carbocycles. The molecule has 31 heavy (non-hydrogen) atoms. The molecule has 5 heteroatoms. The van der Waals surface area contributed by atoms with Gasteiger partial charge in [-0.1, -0.05) is 48.5 Å². The zero-order valence-electron chi connectivity index (χ0n) is 17.9. The first-order valence-electron chi connectivity index (χ1n) is 10.5. The van der Waals surface area contributed by atoms with Crippen LogP contribution in [0.3, 0.4) is 0 Å². The third kappa shape index (κ3) is 4.43. The van der Waals surface area contributed by atoms with Gasteiger partial charge < -0.3 is 15.2 Å². The Morgan fingerprint density at radius 3 is 2.58 bits per heavy atom.